The van der Waals surface area contributed by atoms with Crippen LogP contribution in [0.1, 0.15) is 43.6 Å². The molecule has 0 radical (unpaired) electrons. The maximum absolute atomic E-state index is 4.36. The molecule has 1 saturated carbocycles. The fourth-order valence-electron chi connectivity index (χ4n) is 2.91. The Morgan fingerprint density at radius 2 is 2.33 bits per heavy atom. The minimum absolute atomic E-state index is 0.611. The van der Waals surface area contributed by atoms with Gasteiger partial charge in [0, 0.05) is 19.5 Å². The molecule has 82 valence electrons. The smallest absolute Gasteiger partial charge is 0.0997 e. The Morgan fingerprint density at radius 3 is 3.13 bits per heavy atom. The maximum Gasteiger partial charge on any atom is 0.0997 e. The van der Waals surface area contributed by atoms with Gasteiger partial charge in [0.1, 0.15) is 0 Å². The molecule has 1 aromatic heterocycles. The molecule has 15 heavy (non-hydrogen) atoms. The van der Waals surface area contributed by atoms with Gasteiger partial charge in [0.2, 0.25) is 0 Å². The molecule has 0 spiro atoms. The second-order valence-corrected chi connectivity index (χ2v) is 4.83. The van der Waals surface area contributed by atoms with Crippen LogP contribution in [0.5, 0.6) is 0 Å². The number of aromatic nitrogens is 3. The van der Waals surface area contributed by atoms with Crippen molar-refractivity contribution in [3.63, 3.8) is 0 Å². The number of hydrogen-bond acceptors (Lipinski definition) is 3. The quantitative estimate of drug-likeness (QED) is 0.752. The largest absolute Gasteiger partial charge is 0.311 e. The summed E-state index contributed by atoms with van der Waals surface area (Å²) in [5, 5.41) is 12.0. The van der Waals surface area contributed by atoms with Crippen LogP contribution in [0.2, 0.25) is 0 Å². The Morgan fingerprint density at radius 1 is 1.40 bits per heavy atom. The van der Waals surface area contributed by atoms with Crippen molar-refractivity contribution in [1.82, 2.24) is 20.3 Å². The van der Waals surface area contributed by atoms with E-state index in [1.165, 1.54) is 30.7 Å². The summed E-state index contributed by atoms with van der Waals surface area (Å²) in [7, 11) is 0. The van der Waals surface area contributed by atoms with Crippen molar-refractivity contribution in [1.29, 1.82) is 0 Å². The first-order valence-corrected chi connectivity index (χ1v) is 6.00. The van der Waals surface area contributed by atoms with Gasteiger partial charge in [-0.25, -0.2) is 4.68 Å². The number of nitrogens with zero attached hydrogens (tertiary/aromatic N) is 3. The lowest BCUT2D eigenvalue weighted by atomic mass is 10.1. The molecule has 2 unspecified atom stereocenters. The van der Waals surface area contributed by atoms with Gasteiger partial charge >= 0.3 is 0 Å². The van der Waals surface area contributed by atoms with E-state index in [1.807, 2.05) is 0 Å². The Hall–Kier alpha value is -0.900. The molecule has 1 aliphatic heterocycles. The molecule has 2 heterocycles. The molecule has 2 aliphatic rings. The number of nitrogens with one attached hydrogen (secondary N) is 1. The zero-order valence-electron chi connectivity index (χ0n) is 9.24. The highest BCUT2D eigenvalue weighted by atomic mass is 15.4. The van der Waals surface area contributed by atoms with Crippen molar-refractivity contribution in [3.05, 3.63) is 11.4 Å². The third-order valence-electron chi connectivity index (χ3n) is 3.83. The molecule has 4 nitrogen and oxygen atoms in total. The van der Waals surface area contributed by atoms with Gasteiger partial charge in [-0.2, -0.15) is 0 Å². The molecule has 1 aromatic rings. The van der Waals surface area contributed by atoms with Crippen molar-refractivity contribution in [2.24, 2.45) is 5.92 Å². The van der Waals surface area contributed by atoms with Crippen LogP contribution in [-0.2, 0) is 13.0 Å². The highest BCUT2D eigenvalue weighted by Gasteiger charge is 2.29. The van der Waals surface area contributed by atoms with Crippen LogP contribution in [0.4, 0.5) is 0 Å². The van der Waals surface area contributed by atoms with E-state index < -0.39 is 0 Å². The molecule has 3 rings (SSSR count). The lowest BCUT2D eigenvalue weighted by molar-refractivity contribution is 0.355. The van der Waals surface area contributed by atoms with Crippen LogP contribution in [0.25, 0.3) is 0 Å². The number of hydrogen-bond donors (Lipinski definition) is 1. The van der Waals surface area contributed by atoms with Crippen LogP contribution in [0.15, 0.2) is 0 Å². The van der Waals surface area contributed by atoms with Gasteiger partial charge in [-0.05, 0) is 18.8 Å². The van der Waals surface area contributed by atoms with E-state index in [4.69, 9.17) is 0 Å². The fourth-order valence-corrected chi connectivity index (χ4v) is 2.91. The summed E-state index contributed by atoms with van der Waals surface area (Å²) in [6.45, 7) is 4.31. The summed E-state index contributed by atoms with van der Waals surface area (Å²) in [5.74, 6) is 0.769. The van der Waals surface area contributed by atoms with Crippen LogP contribution >= 0.6 is 0 Å². The van der Waals surface area contributed by atoms with Crippen molar-refractivity contribution in [2.75, 3.05) is 6.54 Å². The third-order valence-corrected chi connectivity index (χ3v) is 3.83. The highest BCUT2D eigenvalue weighted by molar-refractivity contribution is 5.14. The van der Waals surface area contributed by atoms with Gasteiger partial charge < -0.3 is 5.32 Å². The lowest BCUT2D eigenvalue weighted by Crippen LogP contribution is -2.26. The fraction of sp³-hybridized carbons (Fsp3) is 0.818. The lowest BCUT2D eigenvalue weighted by Gasteiger charge is -2.20. The second kappa shape index (κ2) is 3.59. The molecule has 0 aromatic carbocycles. The Kier molecular flexibility index (Phi) is 2.24. The van der Waals surface area contributed by atoms with E-state index in [0.29, 0.717) is 6.04 Å². The van der Waals surface area contributed by atoms with Crippen LogP contribution in [0.3, 0.4) is 0 Å². The molecule has 0 saturated heterocycles. The summed E-state index contributed by atoms with van der Waals surface area (Å²) in [6, 6.07) is 0.611. The van der Waals surface area contributed by atoms with Gasteiger partial charge in [-0.3, -0.25) is 0 Å². The maximum atomic E-state index is 4.36. The minimum Gasteiger partial charge on any atom is -0.311 e. The molecular formula is C11H18N4. The first-order chi connectivity index (χ1) is 7.36. The Balaban J connectivity index is 1.94. The first-order valence-electron chi connectivity index (χ1n) is 6.00. The van der Waals surface area contributed by atoms with Crippen molar-refractivity contribution in [2.45, 2.75) is 45.2 Å². The second-order valence-electron chi connectivity index (χ2n) is 4.83. The average Bonchev–Trinajstić information content (AvgIpc) is 2.83. The standard InChI is InChI=1S/C11H18N4/c1-8-3-2-4-10(8)15-11-5-6-12-7-9(11)13-14-15/h8,10,12H,2-7H2,1H3. The number of rotatable bonds is 1. The summed E-state index contributed by atoms with van der Waals surface area (Å²) in [5.41, 5.74) is 2.55. The minimum atomic E-state index is 0.611. The van der Waals surface area contributed by atoms with E-state index in [9.17, 15) is 0 Å². The predicted octanol–water partition coefficient (Wildman–Crippen LogP) is 1.28. The normalized spacial score (nSPS) is 30.5. The van der Waals surface area contributed by atoms with Gasteiger partial charge in [0.05, 0.1) is 17.4 Å². The van der Waals surface area contributed by atoms with E-state index in [2.05, 4.69) is 27.2 Å². The first kappa shape index (κ1) is 9.33. The van der Waals surface area contributed by atoms with Gasteiger partial charge in [-0.1, -0.05) is 18.6 Å². The van der Waals surface area contributed by atoms with Crippen molar-refractivity contribution >= 4 is 0 Å². The zero-order valence-corrected chi connectivity index (χ0v) is 9.24. The summed E-state index contributed by atoms with van der Waals surface area (Å²) in [6.07, 6.45) is 5.06. The molecule has 4 heteroatoms. The SMILES string of the molecule is CC1CCCC1n1nnc2c1CCNC2. The van der Waals surface area contributed by atoms with Crippen molar-refractivity contribution in [3.8, 4) is 0 Å². The van der Waals surface area contributed by atoms with Crippen LogP contribution in [0, 0.1) is 5.92 Å². The van der Waals surface area contributed by atoms with E-state index in [1.54, 1.807) is 0 Å². The van der Waals surface area contributed by atoms with Gasteiger partial charge in [0.25, 0.3) is 0 Å². The third kappa shape index (κ3) is 1.47. The summed E-state index contributed by atoms with van der Waals surface area (Å²) >= 11 is 0. The Labute approximate surface area is 90.0 Å². The molecule has 1 aliphatic carbocycles. The van der Waals surface area contributed by atoms with E-state index in [0.717, 1.165) is 25.4 Å². The van der Waals surface area contributed by atoms with Crippen LogP contribution in [-0.4, -0.2) is 21.5 Å². The van der Waals surface area contributed by atoms with Crippen LogP contribution < -0.4 is 5.32 Å². The molecule has 2 atom stereocenters. The van der Waals surface area contributed by atoms with Gasteiger partial charge in [-0.15, -0.1) is 5.10 Å². The van der Waals surface area contributed by atoms with Gasteiger partial charge in [0.15, 0.2) is 0 Å². The monoisotopic (exact) mass is 206 g/mol. The van der Waals surface area contributed by atoms with E-state index >= 15 is 0 Å². The molecule has 1 fully saturated rings. The highest BCUT2D eigenvalue weighted by Crippen LogP contribution is 2.36. The molecule has 0 amide bonds. The summed E-state index contributed by atoms with van der Waals surface area (Å²) in [4.78, 5) is 0. The Bertz CT molecular complexity index is 357. The topological polar surface area (TPSA) is 42.7 Å². The zero-order chi connectivity index (χ0) is 10.3. The predicted molar refractivity (Wildman–Crippen MR) is 57.5 cm³/mol. The number of fused-ring (bicyclic) bond motifs is 1. The molecule has 1 N–H and O–H groups in total. The average molecular weight is 206 g/mol. The van der Waals surface area contributed by atoms with Crippen molar-refractivity contribution < 1.29 is 0 Å². The molecular weight excluding hydrogens is 188 g/mol. The van der Waals surface area contributed by atoms with E-state index in [-0.39, 0.29) is 0 Å². The summed E-state index contributed by atoms with van der Waals surface area (Å²) < 4.78 is 2.22. The molecule has 0 bridgehead atoms.